The van der Waals surface area contributed by atoms with Crippen LogP contribution in [0.25, 0.3) is 0 Å². The van der Waals surface area contributed by atoms with Gasteiger partial charge in [-0.25, -0.2) is 8.42 Å². The van der Waals surface area contributed by atoms with Gasteiger partial charge in [0, 0.05) is 38.9 Å². The second-order valence-corrected chi connectivity index (χ2v) is 9.51. The standard InChI is InChI=1S/C17H30N2O5S/c1-23-11-6-16(20)18-9-7-17(8-10-18)13-15(5-12-24-17)19(14-3-4-14)25(2,21)22/h14-15H,3-13H2,1-2H3. The number of rotatable bonds is 6. The topological polar surface area (TPSA) is 76.2 Å². The van der Waals surface area contributed by atoms with E-state index in [1.165, 1.54) is 6.26 Å². The molecule has 1 aliphatic carbocycles. The third-order valence-electron chi connectivity index (χ3n) is 5.66. The van der Waals surface area contributed by atoms with Gasteiger partial charge < -0.3 is 14.4 Å². The lowest BCUT2D eigenvalue weighted by Crippen LogP contribution is -2.55. The molecule has 1 saturated carbocycles. The number of nitrogens with zero attached hydrogens (tertiary/aromatic N) is 2. The smallest absolute Gasteiger partial charge is 0.224 e. The van der Waals surface area contributed by atoms with Gasteiger partial charge in [-0.05, 0) is 38.5 Å². The summed E-state index contributed by atoms with van der Waals surface area (Å²) < 4.78 is 37.3. The minimum absolute atomic E-state index is 0.0343. The summed E-state index contributed by atoms with van der Waals surface area (Å²) in [6.07, 6.45) is 6.76. The van der Waals surface area contributed by atoms with Gasteiger partial charge in [0.1, 0.15) is 0 Å². The first-order valence-electron chi connectivity index (χ1n) is 9.24. The zero-order valence-electron chi connectivity index (χ0n) is 15.3. The predicted molar refractivity (Wildman–Crippen MR) is 93.7 cm³/mol. The monoisotopic (exact) mass is 374 g/mol. The highest BCUT2D eigenvalue weighted by molar-refractivity contribution is 7.88. The van der Waals surface area contributed by atoms with Crippen LogP contribution in [-0.4, -0.2) is 80.9 Å². The fraction of sp³-hybridized carbons (Fsp3) is 0.941. The Labute approximate surface area is 150 Å². The molecule has 144 valence electrons. The molecule has 3 rings (SSSR count). The van der Waals surface area contributed by atoms with Crippen LogP contribution in [0, 0.1) is 0 Å². The van der Waals surface area contributed by atoms with Gasteiger partial charge in [0.25, 0.3) is 0 Å². The van der Waals surface area contributed by atoms with Crippen molar-refractivity contribution in [3.8, 4) is 0 Å². The molecule has 0 radical (unpaired) electrons. The van der Waals surface area contributed by atoms with Crippen molar-refractivity contribution in [2.45, 2.75) is 62.6 Å². The minimum Gasteiger partial charge on any atom is -0.384 e. The first-order chi connectivity index (χ1) is 11.8. The van der Waals surface area contributed by atoms with Crippen LogP contribution in [-0.2, 0) is 24.3 Å². The third-order valence-corrected chi connectivity index (χ3v) is 7.03. The van der Waals surface area contributed by atoms with E-state index in [1.54, 1.807) is 11.4 Å². The number of sulfonamides is 1. The van der Waals surface area contributed by atoms with Crippen molar-refractivity contribution >= 4 is 15.9 Å². The molecular weight excluding hydrogens is 344 g/mol. The summed E-state index contributed by atoms with van der Waals surface area (Å²) >= 11 is 0. The maximum Gasteiger partial charge on any atom is 0.224 e. The highest BCUT2D eigenvalue weighted by Crippen LogP contribution is 2.41. The van der Waals surface area contributed by atoms with Crippen molar-refractivity contribution in [3.05, 3.63) is 0 Å². The summed E-state index contributed by atoms with van der Waals surface area (Å²) in [6.45, 7) is 2.40. The highest BCUT2D eigenvalue weighted by atomic mass is 32.2. The first-order valence-corrected chi connectivity index (χ1v) is 11.1. The van der Waals surface area contributed by atoms with Gasteiger partial charge in [-0.1, -0.05) is 0 Å². The largest absolute Gasteiger partial charge is 0.384 e. The van der Waals surface area contributed by atoms with Gasteiger partial charge >= 0.3 is 0 Å². The molecule has 2 heterocycles. The Morgan fingerprint density at radius 3 is 2.48 bits per heavy atom. The summed E-state index contributed by atoms with van der Waals surface area (Å²) in [6, 6.07) is 0.220. The maximum atomic E-state index is 12.2. The van der Waals surface area contributed by atoms with Gasteiger partial charge in [-0.2, -0.15) is 4.31 Å². The maximum absolute atomic E-state index is 12.2. The number of methoxy groups -OCH3 is 1. The first kappa shape index (κ1) is 19.1. The van der Waals surface area contributed by atoms with E-state index in [-0.39, 0.29) is 23.6 Å². The summed E-state index contributed by atoms with van der Waals surface area (Å²) in [5.41, 5.74) is -0.279. The van der Waals surface area contributed by atoms with Crippen molar-refractivity contribution < 1.29 is 22.7 Å². The summed E-state index contributed by atoms with van der Waals surface area (Å²) in [4.78, 5) is 14.0. The normalized spacial score (nSPS) is 27.0. The van der Waals surface area contributed by atoms with Gasteiger partial charge in [-0.3, -0.25) is 4.79 Å². The molecule has 8 heteroatoms. The Balaban J connectivity index is 1.61. The van der Waals surface area contributed by atoms with Crippen LogP contribution in [0.2, 0.25) is 0 Å². The van der Waals surface area contributed by atoms with Crippen LogP contribution in [0.1, 0.15) is 44.9 Å². The van der Waals surface area contributed by atoms with Crippen LogP contribution in [0.4, 0.5) is 0 Å². The molecule has 7 nitrogen and oxygen atoms in total. The second kappa shape index (κ2) is 7.50. The lowest BCUT2D eigenvalue weighted by Gasteiger charge is -2.48. The van der Waals surface area contributed by atoms with Crippen molar-refractivity contribution in [2.75, 3.05) is 39.7 Å². The molecule has 3 aliphatic rings. The zero-order valence-corrected chi connectivity index (χ0v) is 16.1. The molecule has 1 unspecified atom stereocenters. The molecule has 2 aliphatic heterocycles. The van der Waals surface area contributed by atoms with Crippen LogP contribution in [0.5, 0.6) is 0 Å². The van der Waals surface area contributed by atoms with E-state index in [0.717, 1.165) is 38.5 Å². The number of hydrogen-bond donors (Lipinski definition) is 0. The number of amides is 1. The highest BCUT2D eigenvalue weighted by Gasteiger charge is 2.47. The molecule has 0 aromatic heterocycles. The molecule has 3 fully saturated rings. The van der Waals surface area contributed by atoms with Gasteiger partial charge in [0.05, 0.1) is 24.9 Å². The van der Waals surface area contributed by atoms with E-state index in [4.69, 9.17) is 9.47 Å². The molecule has 0 N–H and O–H groups in total. The Kier molecular flexibility index (Phi) is 5.72. The van der Waals surface area contributed by atoms with Crippen molar-refractivity contribution in [2.24, 2.45) is 0 Å². The molecule has 1 spiro atoms. The number of carbonyl (C=O) groups excluding carboxylic acids is 1. The van der Waals surface area contributed by atoms with E-state index >= 15 is 0 Å². The number of ether oxygens (including phenoxy) is 2. The molecular formula is C17H30N2O5S. The van der Waals surface area contributed by atoms with E-state index in [1.807, 2.05) is 4.90 Å². The predicted octanol–water partition coefficient (Wildman–Crippen LogP) is 0.987. The second-order valence-electron chi connectivity index (χ2n) is 7.63. The van der Waals surface area contributed by atoms with Crippen molar-refractivity contribution in [1.82, 2.24) is 9.21 Å². The van der Waals surface area contributed by atoms with E-state index < -0.39 is 10.0 Å². The fourth-order valence-corrected chi connectivity index (χ4v) is 5.72. The molecule has 0 bridgehead atoms. The van der Waals surface area contributed by atoms with Crippen LogP contribution in [0.15, 0.2) is 0 Å². The molecule has 2 saturated heterocycles. The van der Waals surface area contributed by atoms with Crippen LogP contribution < -0.4 is 0 Å². The number of hydrogen-bond acceptors (Lipinski definition) is 5. The van der Waals surface area contributed by atoms with Gasteiger partial charge in [0.15, 0.2) is 0 Å². The average molecular weight is 375 g/mol. The average Bonchev–Trinajstić information content (AvgIpc) is 3.37. The molecule has 0 aromatic carbocycles. The molecule has 0 aromatic rings. The van der Waals surface area contributed by atoms with Gasteiger partial charge in [0.2, 0.25) is 15.9 Å². The SMILES string of the molecule is COCCC(=O)N1CCC2(CC1)CC(N(C1CC1)S(C)(=O)=O)CCO2. The van der Waals surface area contributed by atoms with E-state index in [0.29, 0.717) is 32.7 Å². The molecule has 1 amide bonds. The molecule has 1 atom stereocenters. The van der Waals surface area contributed by atoms with Crippen LogP contribution in [0.3, 0.4) is 0 Å². The number of piperidine rings is 1. The Hall–Kier alpha value is -0.700. The minimum atomic E-state index is -3.19. The Morgan fingerprint density at radius 2 is 1.92 bits per heavy atom. The summed E-state index contributed by atoms with van der Waals surface area (Å²) in [5, 5.41) is 0. The quantitative estimate of drug-likeness (QED) is 0.693. The zero-order chi connectivity index (χ0) is 18.1. The van der Waals surface area contributed by atoms with Crippen molar-refractivity contribution in [3.63, 3.8) is 0 Å². The summed E-state index contributed by atoms with van der Waals surface area (Å²) in [5.74, 6) is 0.125. The number of carbonyl (C=O) groups is 1. The molecule has 25 heavy (non-hydrogen) atoms. The lowest BCUT2D eigenvalue weighted by molar-refractivity contribution is -0.147. The van der Waals surface area contributed by atoms with E-state index in [2.05, 4.69) is 0 Å². The van der Waals surface area contributed by atoms with Crippen molar-refractivity contribution in [1.29, 1.82) is 0 Å². The Bertz CT molecular complexity index is 582. The number of likely N-dealkylation sites (tertiary alicyclic amines) is 1. The summed E-state index contributed by atoms with van der Waals surface area (Å²) in [7, 11) is -1.59. The fourth-order valence-electron chi connectivity index (χ4n) is 4.25. The lowest BCUT2D eigenvalue weighted by atomic mass is 9.82. The van der Waals surface area contributed by atoms with E-state index in [9.17, 15) is 13.2 Å². The van der Waals surface area contributed by atoms with Crippen LogP contribution >= 0.6 is 0 Å². The van der Waals surface area contributed by atoms with Gasteiger partial charge in [-0.15, -0.1) is 0 Å². The Morgan fingerprint density at radius 1 is 1.24 bits per heavy atom. The third kappa shape index (κ3) is 4.53.